The summed E-state index contributed by atoms with van der Waals surface area (Å²) in [6, 6.07) is 4.82. The average Bonchev–Trinajstić information content (AvgIpc) is 3.07. The molecule has 1 unspecified atom stereocenters. The standard InChI is InChI=1S/C17H24FNO2/c18-14-9-13(4-8-19)10-16(11-14)20-12-15-3-7-17(21-15)5-1-2-6-17/h9-11,15H,1-8,12,19H2. The van der Waals surface area contributed by atoms with Gasteiger partial charge in [-0.1, -0.05) is 12.8 Å². The minimum atomic E-state index is -0.268. The van der Waals surface area contributed by atoms with E-state index >= 15 is 0 Å². The van der Waals surface area contributed by atoms with Crippen LogP contribution in [-0.4, -0.2) is 24.9 Å². The second kappa shape index (κ2) is 6.32. The zero-order chi connectivity index (χ0) is 14.7. The van der Waals surface area contributed by atoms with Gasteiger partial charge in [0, 0.05) is 6.07 Å². The molecule has 2 fully saturated rings. The van der Waals surface area contributed by atoms with Crippen molar-refractivity contribution in [3.05, 3.63) is 29.6 Å². The molecule has 1 aromatic carbocycles. The smallest absolute Gasteiger partial charge is 0.127 e. The molecule has 1 atom stereocenters. The summed E-state index contributed by atoms with van der Waals surface area (Å²) in [6.45, 7) is 1.02. The fraction of sp³-hybridized carbons (Fsp3) is 0.647. The Morgan fingerprint density at radius 2 is 2.05 bits per heavy atom. The maximum Gasteiger partial charge on any atom is 0.127 e. The molecule has 0 bridgehead atoms. The lowest BCUT2D eigenvalue weighted by atomic mass is 9.98. The van der Waals surface area contributed by atoms with Gasteiger partial charge in [-0.2, -0.15) is 0 Å². The number of hydrogen-bond acceptors (Lipinski definition) is 3. The Bertz CT molecular complexity index is 486. The van der Waals surface area contributed by atoms with Gasteiger partial charge < -0.3 is 15.2 Å². The van der Waals surface area contributed by atoms with Crippen LogP contribution >= 0.6 is 0 Å². The summed E-state index contributed by atoms with van der Waals surface area (Å²) in [5.74, 6) is 0.310. The first kappa shape index (κ1) is 14.8. The molecular formula is C17H24FNO2. The van der Waals surface area contributed by atoms with Gasteiger partial charge >= 0.3 is 0 Å². The Morgan fingerprint density at radius 1 is 1.24 bits per heavy atom. The molecule has 1 saturated carbocycles. The molecule has 21 heavy (non-hydrogen) atoms. The Kier molecular flexibility index (Phi) is 4.45. The van der Waals surface area contributed by atoms with E-state index in [0.29, 0.717) is 25.3 Å². The van der Waals surface area contributed by atoms with E-state index in [1.165, 1.54) is 37.8 Å². The minimum absolute atomic E-state index is 0.126. The Morgan fingerprint density at radius 3 is 2.81 bits per heavy atom. The van der Waals surface area contributed by atoms with Crippen LogP contribution in [-0.2, 0) is 11.2 Å². The zero-order valence-electron chi connectivity index (χ0n) is 12.4. The maximum absolute atomic E-state index is 13.5. The van der Waals surface area contributed by atoms with Crippen LogP contribution in [0.15, 0.2) is 18.2 Å². The lowest BCUT2D eigenvalue weighted by molar-refractivity contribution is -0.0509. The second-order valence-electron chi connectivity index (χ2n) is 6.31. The number of ether oxygens (including phenoxy) is 2. The van der Waals surface area contributed by atoms with Crippen molar-refractivity contribution in [2.45, 2.75) is 56.7 Å². The van der Waals surface area contributed by atoms with Crippen molar-refractivity contribution >= 4 is 0 Å². The number of benzene rings is 1. The van der Waals surface area contributed by atoms with Crippen LogP contribution in [0.3, 0.4) is 0 Å². The summed E-state index contributed by atoms with van der Waals surface area (Å²) >= 11 is 0. The lowest BCUT2D eigenvalue weighted by Crippen LogP contribution is -2.27. The van der Waals surface area contributed by atoms with Crippen LogP contribution in [0, 0.1) is 5.82 Å². The highest BCUT2D eigenvalue weighted by molar-refractivity contribution is 5.30. The summed E-state index contributed by atoms with van der Waals surface area (Å²) < 4.78 is 25.5. The topological polar surface area (TPSA) is 44.5 Å². The summed E-state index contributed by atoms with van der Waals surface area (Å²) in [5.41, 5.74) is 6.52. The molecular weight excluding hydrogens is 269 g/mol. The number of hydrogen-bond donors (Lipinski definition) is 1. The molecule has 1 saturated heterocycles. The first-order valence-electron chi connectivity index (χ1n) is 7.99. The van der Waals surface area contributed by atoms with E-state index in [0.717, 1.165) is 18.4 Å². The predicted molar refractivity (Wildman–Crippen MR) is 80.0 cm³/mol. The fourth-order valence-electron chi connectivity index (χ4n) is 3.60. The van der Waals surface area contributed by atoms with Crippen molar-refractivity contribution in [2.24, 2.45) is 5.73 Å². The SMILES string of the molecule is NCCc1cc(F)cc(OCC2CCC3(CCCC3)O2)c1. The maximum atomic E-state index is 13.5. The molecule has 1 aliphatic carbocycles. The van der Waals surface area contributed by atoms with Gasteiger partial charge in [0.05, 0.1) is 11.7 Å². The highest BCUT2D eigenvalue weighted by Crippen LogP contribution is 2.43. The minimum Gasteiger partial charge on any atom is -0.491 e. The van der Waals surface area contributed by atoms with E-state index in [1.807, 2.05) is 6.07 Å². The van der Waals surface area contributed by atoms with Crippen molar-refractivity contribution in [3.63, 3.8) is 0 Å². The Balaban J connectivity index is 1.55. The molecule has 2 aliphatic rings. The van der Waals surface area contributed by atoms with Crippen molar-refractivity contribution in [1.82, 2.24) is 0 Å². The molecule has 1 aromatic rings. The average molecular weight is 293 g/mol. The zero-order valence-corrected chi connectivity index (χ0v) is 12.4. The van der Waals surface area contributed by atoms with Gasteiger partial charge in [-0.25, -0.2) is 4.39 Å². The molecule has 1 aliphatic heterocycles. The normalized spacial score (nSPS) is 23.8. The molecule has 1 spiro atoms. The quantitative estimate of drug-likeness (QED) is 0.906. The van der Waals surface area contributed by atoms with Crippen molar-refractivity contribution in [1.29, 1.82) is 0 Å². The van der Waals surface area contributed by atoms with E-state index in [1.54, 1.807) is 0 Å². The third kappa shape index (κ3) is 3.55. The van der Waals surface area contributed by atoms with Gasteiger partial charge in [-0.05, 0) is 56.3 Å². The Labute approximate surface area is 125 Å². The highest BCUT2D eigenvalue weighted by Gasteiger charge is 2.42. The van der Waals surface area contributed by atoms with Gasteiger partial charge in [-0.15, -0.1) is 0 Å². The molecule has 0 amide bonds. The van der Waals surface area contributed by atoms with Gasteiger partial charge in [0.15, 0.2) is 0 Å². The van der Waals surface area contributed by atoms with E-state index in [9.17, 15) is 4.39 Å². The van der Waals surface area contributed by atoms with Crippen LogP contribution in [0.2, 0.25) is 0 Å². The molecule has 1 heterocycles. The van der Waals surface area contributed by atoms with Gasteiger partial charge in [0.1, 0.15) is 18.2 Å². The number of halogens is 1. The van der Waals surface area contributed by atoms with Crippen molar-refractivity contribution in [3.8, 4) is 5.75 Å². The number of rotatable bonds is 5. The van der Waals surface area contributed by atoms with E-state index in [4.69, 9.17) is 15.2 Å². The fourth-order valence-corrected chi connectivity index (χ4v) is 3.60. The van der Waals surface area contributed by atoms with Gasteiger partial charge in [0.25, 0.3) is 0 Å². The summed E-state index contributed by atoms with van der Waals surface area (Å²) in [4.78, 5) is 0. The predicted octanol–water partition coefficient (Wildman–Crippen LogP) is 3.20. The van der Waals surface area contributed by atoms with E-state index in [2.05, 4.69) is 0 Å². The lowest BCUT2D eigenvalue weighted by Gasteiger charge is -2.23. The highest BCUT2D eigenvalue weighted by atomic mass is 19.1. The third-order valence-electron chi connectivity index (χ3n) is 4.65. The number of nitrogens with two attached hydrogens (primary N) is 1. The van der Waals surface area contributed by atoms with E-state index in [-0.39, 0.29) is 17.5 Å². The van der Waals surface area contributed by atoms with E-state index < -0.39 is 0 Å². The molecule has 4 heteroatoms. The first-order chi connectivity index (χ1) is 10.2. The van der Waals surface area contributed by atoms with Crippen molar-refractivity contribution in [2.75, 3.05) is 13.2 Å². The summed E-state index contributed by atoms with van der Waals surface area (Å²) in [5, 5.41) is 0. The van der Waals surface area contributed by atoms with Crippen LogP contribution in [0.5, 0.6) is 5.75 Å². The Hall–Kier alpha value is -1.13. The molecule has 116 valence electrons. The molecule has 2 N–H and O–H groups in total. The third-order valence-corrected chi connectivity index (χ3v) is 4.65. The summed E-state index contributed by atoms with van der Waals surface area (Å²) in [7, 11) is 0. The molecule has 0 radical (unpaired) electrons. The largest absolute Gasteiger partial charge is 0.491 e. The van der Waals surface area contributed by atoms with Gasteiger partial charge in [0.2, 0.25) is 0 Å². The van der Waals surface area contributed by atoms with Crippen molar-refractivity contribution < 1.29 is 13.9 Å². The van der Waals surface area contributed by atoms with Gasteiger partial charge in [-0.3, -0.25) is 0 Å². The monoisotopic (exact) mass is 293 g/mol. The molecule has 0 aromatic heterocycles. The molecule has 3 rings (SSSR count). The summed E-state index contributed by atoms with van der Waals surface area (Å²) in [6.07, 6.45) is 7.92. The molecule has 3 nitrogen and oxygen atoms in total. The second-order valence-corrected chi connectivity index (χ2v) is 6.31. The van der Waals surface area contributed by atoms with Crippen LogP contribution in [0.4, 0.5) is 4.39 Å². The van der Waals surface area contributed by atoms with Crippen LogP contribution in [0.1, 0.15) is 44.1 Å². The van der Waals surface area contributed by atoms with Crippen LogP contribution in [0.25, 0.3) is 0 Å². The van der Waals surface area contributed by atoms with Crippen LogP contribution < -0.4 is 10.5 Å². The first-order valence-corrected chi connectivity index (χ1v) is 7.99.